The van der Waals surface area contributed by atoms with Gasteiger partial charge >= 0.3 is 5.91 Å². The van der Waals surface area contributed by atoms with Crippen LogP contribution >= 0.6 is 23.1 Å². The first-order valence-corrected chi connectivity index (χ1v) is 17.3. The smallest absolute Gasteiger partial charge is 0.301 e. The van der Waals surface area contributed by atoms with Crippen LogP contribution in [0.1, 0.15) is 39.7 Å². The van der Waals surface area contributed by atoms with Crippen LogP contribution < -0.4 is 14.4 Å². The lowest BCUT2D eigenvalue weighted by molar-refractivity contribution is -0.132. The van der Waals surface area contributed by atoms with E-state index in [1.165, 1.54) is 35.9 Å². The number of aryl methyl sites for hydroxylation is 2. The molecule has 13 heteroatoms. The Balaban J connectivity index is 1.30. The second-order valence-corrected chi connectivity index (χ2v) is 13.7. The van der Waals surface area contributed by atoms with Gasteiger partial charge in [-0.25, -0.2) is 9.37 Å². The van der Waals surface area contributed by atoms with E-state index in [1.807, 2.05) is 60.0 Å². The number of carbonyl (C=O) groups excluding carboxylic acids is 2. The number of imidazole rings is 1. The summed E-state index contributed by atoms with van der Waals surface area (Å²) in [6.45, 7) is 3.99. The number of aliphatic hydroxyl groups excluding tert-OH is 1. The molecule has 4 heterocycles. The van der Waals surface area contributed by atoms with E-state index in [1.54, 1.807) is 37.3 Å². The fourth-order valence-electron chi connectivity index (χ4n) is 5.81. The van der Waals surface area contributed by atoms with E-state index in [0.29, 0.717) is 45.1 Å². The molecule has 0 bridgehead atoms. The van der Waals surface area contributed by atoms with E-state index in [-0.39, 0.29) is 22.2 Å². The molecule has 0 saturated carbocycles. The number of thioether (sulfide) groups is 1. The van der Waals surface area contributed by atoms with Crippen molar-refractivity contribution in [2.45, 2.75) is 36.6 Å². The van der Waals surface area contributed by atoms with Gasteiger partial charge in [-0.1, -0.05) is 77.7 Å². The molecule has 1 fully saturated rings. The molecule has 1 saturated heterocycles. The third kappa shape index (κ3) is 6.21. The molecule has 1 N–H and O–H groups in total. The summed E-state index contributed by atoms with van der Waals surface area (Å²) in [7, 11) is 1.50. The quantitative estimate of drug-likeness (QED) is 0.0509. The first-order valence-electron chi connectivity index (χ1n) is 15.5. The Morgan fingerprint density at radius 1 is 0.960 bits per heavy atom. The second kappa shape index (κ2) is 13.8. The third-order valence-corrected chi connectivity index (χ3v) is 10.5. The number of ether oxygens (including phenoxy) is 2. The zero-order chi connectivity index (χ0) is 34.9. The average Bonchev–Trinajstić information content (AvgIpc) is 3.81. The van der Waals surface area contributed by atoms with Crippen LogP contribution in [0.25, 0.3) is 11.4 Å². The van der Waals surface area contributed by atoms with Crippen molar-refractivity contribution in [2.24, 2.45) is 0 Å². The number of amides is 1. The van der Waals surface area contributed by atoms with Gasteiger partial charge in [-0.05, 0) is 66.4 Å². The van der Waals surface area contributed by atoms with Crippen molar-refractivity contribution in [1.29, 1.82) is 0 Å². The topological polar surface area (TPSA) is 119 Å². The number of Topliss-reactive ketones (excluding diaryl/α,β-unsaturated/α-hetero) is 1. The van der Waals surface area contributed by atoms with Crippen molar-refractivity contribution in [2.75, 3.05) is 12.0 Å². The molecule has 3 aromatic carbocycles. The number of benzene rings is 3. The molecule has 0 aliphatic carbocycles. The monoisotopic (exact) mass is 707 g/mol. The summed E-state index contributed by atoms with van der Waals surface area (Å²) >= 11 is 2.50. The summed E-state index contributed by atoms with van der Waals surface area (Å²) < 4.78 is 27.6. The Hall–Kier alpha value is -5.53. The normalized spacial score (nSPS) is 15.6. The number of hydrogen-bond acceptors (Lipinski definition) is 10. The molecule has 1 amide bonds. The summed E-state index contributed by atoms with van der Waals surface area (Å²) in [5.41, 5.74) is 4.46. The lowest BCUT2D eigenvalue weighted by Crippen LogP contribution is -2.29. The van der Waals surface area contributed by atoms with Crippen molar-refractivity contribution in [3.63, 3.8) is 0 Å². The Morgan fingerprint density at radius 3 is 2.48 bits per heavy atom. The van der Waals surface area contributed by atoms with Gasteiger partial charge in [0, 0.05) is 11.9 Å². The number of nitrogens with zero attached hydrogens (tertiary/aromatic N) is 5. The predicted octanol–water partition coefficient (Wildman–Crippen LogP) is 7.45. The van der Waals surface area contributed by atoms with E-state index in [4.69, 9.17) is 9.47 Å². The van der Waals surface area contributed by atoms with Gasteiger partial charge < -0.3 is 19.0 Å². The molecule has 252 valence electrons. The molecule has 3 aromatic heterocycles. The van der Waals surface area contributed by atoms with Gasteiger partial charge in [0.25, 0.3) is 5.78 Å². The molecule has 6 aromatic rings. The number of rotatable bonds is 10. The Labute approximate surface area is 294 Å². The van der Waals surface area contributed by atoms with Crippen LogP contribution in [0.3, 0.4) is 0 Å². The minimum Gasteiger partial charge on any atom is -0.505 e. The number of carbonyl (C=O) groups is 2. The molecule has 0 radical (unpaired) electrons. The maximum Gasteiger partial charge on any atom is 0.301 e. The van der Waals surface area contributed by atoms with Gasteiger partial charge in [0.1, 0.15) is 23.8 Å². The number of aliphatic hydroxyl groups is 1. The minimum atomic E-state index is -1.10. The lowest BCUT2D eigenvalue weighted by atomic mass is 9.96. The second-order valence-electron chi connectivity index (χ2n) is 11.5. The van der Waals surface area contributed by atoms with Crippen molar-refractivity contribution in [3.05, 3.63) is 136 Å². The molecule has 1 atom stereocenters. The van der Waals surface area contributed by atoms with E-state index in [2.05, 4.69) is 15.2 Å². The number of hydrogen-bond donors (Lipinski definition) is 1. The van der Waals surface area contributed by atoms with Crippen LogP contribution in [0, 0.1) is 19.7 Å². The highest BCUT2D eigenvalue weighted by atomic mass is 32.2. The first-order chi connectivity index (χ1) is 24.2. The molecule has 7 rings (SSSR count). The largest absolute Gasteiger partial charge is 0.505 e. The van der Waals surface area contributed by atoms with Gasteiger partial charge in [0.15, 0.2) is 21.6 Å². The molecular weight excluding hydrogens is 678 g/mol. The van der Waals surface area contributed by atoms with E-state index >= 15 is 0 Å². The fraction of sp³-hybridized carbons (Fsp3) is 0.162. The molecule has 50 heavy (non-hydrogen) atoms. The SMILES string of the molecule is COc1cc(C2C(=C(O)c3nc4c(C)cccn4c3C)C(=O)C(=O)N2c2nnc(SCc3ccc(F)cc3)s2)ccc1OCc1ccccc1. The maximum absolute atomic E-state index is 13.9. The zero-order valence-corrected chi connectivity index (χ0v) is 28.8. The van der Waals surface area contributed by atoms with E-state index < -0.39 is 23.5 Å². The van der Waals surface area contributed by atoms with Crippen LogP contribution in [0.15, 0.2) is 101 Å². The molecule has 10 nitrogen and oxygen atoms in total. The summed E-state index contributed by atoms with van der Waals surface area (Å²) in [5, 5.41) is 20.6. The number of methoxy groups -OCH3 is 1. The van der Waals surface area contributed by atoms with Gasteiger partial charge in [-0.2, -0.15) is 0 Å². The van der Waals surface area contributed by atoms with Crippen molar-refractivity contribution in [3.8, 4) is 11.5 Å². The van der Waals surface area contributed by atoms with Crippen molar-refractivity contribution < 1.29 is 28.6 Å². The van der Waals surface area contributed by atoms with Gasteiger partial charge in [-0.15, -0.1) is 10.2 Å². The van der Waals surface area contributed by atoms with Crippen LogP contribution in [0.2, 0.25) is 0 Å². The lowest BCUT2D eigenvalue weighted by Gasteiger charge is -2.23. The number of aromatic nitrogens is 4. The summed E-state index contributed by atoms with van der Waals surface area (Å²) in [5.74, 6) is -1.17. The van der Waals surface area contributed by atoms with Gasteiger partial charge in [0.05, 0.1) is 24.4 Å². The third-order valence-electron chi connectivity index (χ3n) is 8.37. The minimum absolute atomic E-state index is 0.144. The standard InChI is InChI=1S/C37H30FN5O5S2/c1-21-8-7-17-42-22(2)30(39-34(21)42)32(44)29-31(25-13-16-27(28(18-25)47-3)48-19-23-9-5-4-6-10-23)43(35(46)33(29)45)36-40-41-37(50-36)49-20-24-11-14-26(38)15-12-24/h4-18,31,44H,19-20H2,1-3H3. The molecule has 1 unspecified atom stereocenters. The Bertz CT molecular complexity index is 2270. The zero-order valence-electron chi connectivity index (χ0n) is 27.2. The highest BCUT2D eigenvalue weighted by molar-refractivity contribution is 8.00. The van der Waals surface area contributed by atoms with E-state index in [0.717, 1.165) is 28.0 Å². The average molecular weight is 708 g/mol. The van der Waals surface area contributed by atoms with Crippen LogP contribution in [-0.2, 0) is 21.9 Å². The Morgan fingerprint density at radius 2 is 1.74 bits per heavy atom. The summed E-state index contributed by atoms with van der Waals surface area (Å²) in [6.07, 6.45) is 1.82. The molecule has 1 aliphatic heterocycles. The highest BCUT2D eigenvalue weighted by Crippen LogP contribution is 2.46. The highest BCUT2D eigenvalue weighted by Gasteiger charge is 2.49. The van der Waals surface area contributed by atoms with Gasteiger partial charge in [-0.3, -0.25) is 14.5 Å². The first kappa shape index (κ1) is 33.0. The van der Waals surface area contributed by atoms with Crippen LogP contribution in [0.5, 0.6) is 11.5 Å². The molecular formula is C37H30FN5O5S2. The van der Waals surface area contributed by atoms with Crippen LogP contribution in [0.4, 0.5) is 9.52 Å². The Kier molecular flexibility index (Phi) is 9.08. The number of fused-ring (bicyclic) bond motifs is 1. The molecule has 1 aliphatic rings. The number of pyridine rings is 1. The van der Waals surface area contributed by atoms with Crippen molar-refractivity contribution in [1.82, 2.24) is 19.6 Å². The predicted molar refractivity (Wildman–Crippen MR) is 189 cm³/mol. The van der Waals surface area contributed by atoms with Crippen LogP contribution in [-0.4, -0.2) is 43.5 Å². The number of anilines is 1. The summed E-state index contributed by atoms with van der Waals surface area (Å²) in [6, 6.07) is 23.6. The van der Waals surface area contributed by atoms with Gasteiger partial charge in [0.2, 0.25) is 5.13 Å². The molecule has 0 spiro atoms. The fourth-order valence-corrected chi connectivity index (χ4v) is 7.64. The number of halogens is 1. The van der Waals surface area contributed by atoms with E-state index in [9.17, 15) is 19.1 Å². The maximum atomic E-state index is 13.9. The summed E-state index contributed by atoms with van der Waals surface area (Å²) in [4.78, 5) is 33.8. The number of ketones is 1. The van der Waals surface area contributed by atoms with Crippen molar-refractivity contribution >= 4 is 51.3 Å².